The molecule has 0 saturated heterocycles. The predicted molar refractivity (Wildman–Crippen MR) is 169 cm³/mol. The molecule has 2 amide bonds. The van der Waals surface area contributed by atoms with Crippen LogP contribution in [0.5, 0.6) is 11.5 Å². The second-order valence-corrected chi connectivity index (χ2v) is 9.87. The monoisotopic (exact) mass is 573 g/mol. The van der Waals surface area contributed by atoms with E-state index >= 15 is 0 Å². The van der Waals surface area contributed by atoms with E-state index in [1.807, 2.05) is 55.5 Å². The molecule has 0 aliphatic heterocycles. The zero-order chi connectivity index (χ0) is 30.2. The molecule has 0 aromatic heterocycles. The standard InChI is InChI=1S/C35H31N3O5/c1-23-15-17-24(18-16-23)37-35(41)43-34(28-19-20-31(39)27-12-6-5-11-26(27)28)32(42-25-9-3-2-4-10-25)21-22-33(40)38-30-14-8-7-13-29(30)36/h2-22,32,34,39H,36H2,1H3,(H,37,41)(H,38,40)/b22-21+/t32-,34-/m1/s1. The highest BCUT2D eigenvalue weighted by molar-refractivity contribution is 6.01. The minimum absolute atomic E-state index is 0.0816. The smallest absolute Gasteiger partial charge is 0.412 e. The number of phenols is 1. The van der Waals surface area contributed by atoms with E-state index in [0.717, 1.165) is 5.56 Å². The van der Waals surface area contributed by atoms with Crippen LogP contribution in [0.2, 0.25) is 0 Å². The number of hydrogen-bond acceptors (Lipinski definition) is 6. The number of amides is 2. The van der Waals surface area contributed by atoms with Crippen LogP contribution in [0.3, 0.4) is 0 Å². The summed E-state index contributed by atoms with van der Waals surface area (Å²) in [4.78, 5) is 26.3. The third-order valence-electron chi connectivity index (χ3n) is 6.74. The lowest BCUT2D eigenvalue weighted by atomic mass is 9.96. The van der Waals surface area contributed by atoms with Crippen LogP contribution in [0, 0.1) is 6.92 Å². The molecule has 5 aromatic carbocycles. The number of hydrogen-bond donors (Lipinski definition) is 4. The Morgan fingerprint density at radius 1 is 0.791 bits per heavy atom. The van der Waals surface area contributed by atoms with E-state index in [0.29, 0.717) is 39.1 Å². The number of carbonyl (C=O) groups is 2. The molecule has 0 unspecified atom stereocenters. The predicted octanol–water partition coefficient (Wildman–Crippen LogP) is 7.37. The van der Waals surface area contributed by atoms with Gasteiger partial charge in [0.25, 0.3) is 0 Å². The average Bonchev–Trinajstić information content (AvgIpc) is 3.01. The van der Waals surface area contributed by atoms with Crippen molar-refractivity contribution in [2.45, 2.75) is 19.1 Å². The molecule has 0 fully saturated rings. The zero-order valence-corrected chi connectivity index (χ0v) is 23.4. The first-order valence-corrected chi connectivity index (χ1v) is 13.7. The first-order chi connectivity index (χ1) is 20.9. The van der Waals surface area contributed by atoms with E-state index in [-0.39, 0.29) is 5.75 Å². The number of fused-ring (bicyclic) bond motifs is 1. The van der Waals surface area contributed by atoms with Crippen LogP contribution >= 0.6 is 0 Å². The summed E-state index contributed by atoms with van der Waals surface area (Å²) in [5, 5.41) is 17.3. The maximum Gasteiger partial charge on any atom is 0.412 e. The number of aryl methyl sites for hydroxylation is 1. The normalized spacial score (nSPS) is 12.4. The Labute approximate surface area is 249 Å². The van der Waals surface area contributed by atoms with Gasteiger partial charge in [-0.15, -0.1) is 0 Å². The van der Waals surface area contributed by atoms with Gasteiger partial charge in [-0.3, -0.25) is 10.1 Å². The lowest BCUT2D eigenvalue weighted by molar-refractivity contribution is -0.112. The summed E-state index contributed by atoms with van der Waals surface area (Å²) in [6.45, 7) is 1.95. The van der Waals surface area contributed by atoms with Gasteiger partial charge in [0.1, 0.15) is 11.5 Å². The SMILES string of the molecule is Cc1ccc(NC(=O)O[C@H](c2ccc(O)c3ccccc23)[C@@H](/C=C/C(=O)Nc2ccccc2N)Oc2ccccc2)cc1. The number of carbonyl (C=O) groups excluding carboxylic acids is 2. The van der Waals surface area contributed by atoms with Crippen molar-refractivity contribution in [3.8, 4) is 11.5 Å². The Hall–Kier alpha value is -5.76. The van der Waals surface area contributed by atoms with E-state index in [1.165, 1.54) is 12.2 Å². The van der Waals surface area contributed by atoms with E-state index < -0.39 is 24.2 Å². The summed E-state index contributed by atoms with van der Waals surface area (Å²) in [6, 6.07) is 33.7. The van der Waals surface area contributed by atoms with Gasteiger partial charge < -0.3 is 25.6 Å². The minimum atomic E-state index is -1.04. The highest BCUT2D eigenvalue weighted by atomic mass is 16.6. The molecule has 8 heteroatoms. The summed E-state index contributed by atoms with van der Waals surface area (Å²) in [5.41, 5.74) is 9.06. The van der Waals surface area contributed by atoms with E-state index in [9.17, 15) is 14.7 Å². The van der Waals surface area contributed by atoms with Gasteiger partial charge >= 0.3 is 6.09 Å². The number of anilines is 3. The molecule has 43 heavy (non-hydrogen) atoms. The molecule has 0 spiro atoms. The molecule has 216 valence electrons. The van der Waals surface area contributed by atoms with E-state index in [1.54, 1.807) is 66.7 Å². The van der Waals surface area contributed by atoms with E-state index in [2.05, 4.69) is 10.6 Å². The first-order valence-electron chi connectivity index (χ1n) is 13.7. The Balaban J connectivity index is 1.53. The third-order valence-corrected chi connectivity index (χ3v) is 6.74. The molecule has 0 radical (unpaired) electrons. The van der Waals surface area contributed by atoms with Gasteiger partial charge in [0.05, 0.1) is 11.4 Å². The lowest BCUT2D eigenvalue weighted by Crippen LogP contribution is -2.30. The number of phenolic OH excluding ortho intramolecular Hbond substituents is 1. The quantitative estimate of drug-likeness (QED) is 0.108. The van der Waals surface area contributed by atoms with Crippen molar-refractivity contribution < 1.29 is 24.2 Å². The maximum absolute atomic E-state index is 13.3. The number of nitrogens with one attached hydrogen (secondary N) is 2. The fourth-order valence-corrected chi connectivity index (χ4v) is 4.59. The van der Waals surface area contributed by atoms with Crippen molar-refractivity contribution >= 4 is 39.8 Å². The lowest BCUT2D eigenvalue weighted by Gasteiger charge is -2.27. The molecule has 5 N–H and O–H groups in total. The van der Waals surface area contributed by atoms with Crippen molar-refractivity contribution in [2.24, 2.45) is 0 Å². The largest absolute Gasteiger partial charge is 0.507 e. The van der Waals surface area contributed by atoms with Gasteiger partial charge in [0, 0.05) is 22.7 Å². The summed E-state index contributed by atoms with van der Waals surface area (Å²) >= 11 is 0. The Morgan fingerprint density at radius 2 is 1.47 bits per heavy atom. The summed E-state index contributed by atoms with van der Waals surface area (Å²) in [5.74, 6) is 0.136. The molecule has 0 bridgehead atoms. The number of nitrogens with two attached hydrogens (primary N) is 1. The number of para-hydroxylation sites is 3. The minimum Gasteiger partial charge on any atom is -0.507 e. The Kier molecular flexibility index (Phi) is 8.87. The summed E-state index contributed by atoms with van der Waals surface area (Å²) in [6.07, 6.45) is 0.131. The first kappa shape index (κ1) is 28.8. The topological polar surface area (TPSA) is 123 Å². The van der Waals surface area contributed by atoms with Crippen molar-refractivity contribution in [3.63, 3.8) is 0 Å². The molecule has 5 aromatic rings. The molecule has 2 atom stereocenters. The van der Waals surface area contributed by atoms with Crippen molar-refractivity contribution in [2.75, 3.05) is 16.4 Å². The molecule has 8 nitrogen and oxygen atoms in total. The Bertz CT molecular complexity index is 1750. The van der Waals surface area contributed by atoms with Gasteiger partial charge in [-0.2, -0.15) is 0 Å². The summed E-state index contributed by atoms with van der Waals surface area (Å²) < 4.78 is 12.4. The fourth-order valence-electron chi connectivity index (χ4n) is 4.59. The van der Waals surface area contributed by atoms with Gasteiger partial charge in [-0.1, -0.05) is 78.4 Å². The third kappa shape index (κ3) is 7.31. The average molecular weight is 574 g/mol. The summed E-state index contributed by atoms with van der Waals surface area (Å²) in [7, 11) is 0. The van der Waals surface area contributed by atoms with Gasteiger partial charge in [-0.25, -0.2) is 4.79 Å². The molecule has 5 rings (SSSR count). The highest BCUT2D eigenvalue weighted by Gasteiger charge is 2.30. The molecule has 0 saturated carbocycles. The van der Waals surface area contributed by atoms with Crippen LogP contribution in [0.4, 0.5) is 21.9 Å². The molecular weight excluding hydrogens is 542 g/mol. The van der Waals surface area contributed by atoms with Crippen LogP contribution in [0.25, 0.3) is 10.8 Å². The van der Waals surface area contributed by atoms with Crippen LogP contribution in [-0.2, 0) is 9.53 Å². The van der Waals surface area contributed by atoms with Gasteiger partial charge in [0.2, 0.25) is 5.91 Å². The number of benzene rings is 5. The van der Waals surface area contributed by atoms with Crippen LogP contribution in [0.15, 0.2) is 127 Å². The molecule has 0 heterocycles. The van der Waals surface area contributed by atoms with Crippen molar-refractivity contribution in [1.29, 1.82) is 0 Å². The zero-order valence-electron chi connectivity index (χ0n) is 23.4. The van der Waals surface area contributed by atoms with Crippen LogP contribution < -0.4 is 21.1 Å². The van der Waals surface area contributed by atoms with Gasteiger partial charge in [-0.05, 0) is 60.9 Å². The van der Waals surface area contributed by atoms with Crippen molar-refractivity contribution in [3.05, 3.63) is 139 Å². The number of rotatable bonds is 9. The maximum atomic E-state index is 13.3. The van der Waals surface area contributed by atoms with Crippen LogP contribution in [-0.4, -0.2) is 23.2 Å². The Morgan fingerprint density at radius 3 is 2.21 bits per heavy atom. The number of nitrogen functional groups attached to an aromatic ring is 1. The second kappa shape index (κ2) is 13.3. The van der Waals surface area contributed by atoms with Gasteiger partial charge in [0.15, 0.2) is 12.2 Å². The number of aromatic hydroxyl groups is 1. The number of ether oxygens (including phenoxy) is 2. The second-order valence-electron chi connectivity index (χ2n) is 9.87. The highest BCUT2D eigenvalue weighted by Crippen LogP contribution is 2.36. The fraction of sp³-hybridized carbons (Fsp3) is 0.0857. The van der Waals surface area contributed by atoms with E-state index in [4.69, 9.17) is 15.2 Å². The molecule has 0 aliphatic rings. The van der Waals surface area contributed by atoms with Crippen molar-refractivity contribution in [1.82, 2.24) is 0 Å². The molecule has 0 aliphatic carbocycles. The molecular formula is C35H31N3O5. The van der Waals surface area contributed by atoms with Crippen LogP contribution in [0.1, 0.15) is 17.2 Å².